The van der Waals surface area contributed by atoms with Gasteiger partial charge in [0.1, 0.15) is 11.5 Å². The van der Waals surface area contributed by atoms with E-state index >= 15 is 0 Å². The van der Waals surface area contributed by atoms with E-state index in [0.717, 1.165) is 11.3 Å². The molecule has 0 fully saturated rings. The average Bonchev–Trinajstić information content (AvgIpc) is 2.56. The Morgan fingerprint density at radius 1 is 1.17 bits per heavy atom. The van der Waals surface area contributed by atoms with E-state index in [1.165, 1.54) is 0 Å². The molecule has 0 radical (unpaired) electrons. The molecule has 0 saturated heterocycles. The number of carbonyl (C=O) groups excluding carboxylic acids is 1. The Labute approximate surface area is 141 Å². The third kappa shape index (κ3) is 5.18. The van der Waals surface area contributed by atoms with Crippen LogP contribution in [-0.2, 0) is 11.3 Å². The van der Waals surface area contributed by atoms with Crippen molar-refractivity contribution in [3.05, 3.63) is 59.1 Å². The van der Waals surface area contributed by atoms with Gasteiger partial charge in [-0.15, -0.1) is 0 Å². The molecular weight excluding hydrogens is 314 g/mol. The fourth-order valence-corrected chi connectivity index (χ4v) is 2.17. The molecule has 2 aromatic rings. The molecule has 122 valence electrons. The summed E-state index contributed by atoms with van der Waals surface area (Å²) in [6, 6.07) is 14.5. The quantitative estimate of drug-likeness (QED) is 0.837. The molecule has 23 heavy (non-hydrogen) atoms. The molecule has 0 spiro atoms. The van der Waals surface area contributed by atoms with Crippen molar-refractivity contribution in [2.24, 2.45) is 0 Å². The van der Waals surface area contributed by atoms with Gasteiger partial charge in [0.25, 0.3) is 5.91 Å². The summed E-state index contributed by atoms with van der Waals surface area (Å²) in [5, 5.41) is 3.49. The molecule has 0 heterocycles. The lowest BCUT2D eigenvalue weighted by atomic mass is 10.2. The number of hydrogen-bond acceptors (Lipinski definition) is 3. The first-order chi connectivity index (χ1) is 11.1. The summed E-state index contributed by atoms with van der Waals surface area (Å²) < 4.78 is 11.1. The number of halogens is 1. The Morgan fingerprint density at radius 2 is 1.87 bits per heavy atom. The Morgan fingerprint density at radius 3 is 2.57 bits per heavy atom. The molecule has 1 N–H and O–H groups in total. The van der Waals surface area contributed by atoms with Crippen molar-refractivity contribution in [2.75, 3.05) is 6.61 Å². The van der Waals surface area contributed by atoms with Gasteiger partial charge >= 0.3 is 0 Å². The van der Waals surface area contributed by atoms with E-state index in [0.29, 0.717) is 23.9 Å². The molecule has 0 aliphatic heterocycles. The van der Waals surface area contributed by atoms with Crippen LogP contribution >= 0.6 is 11.6 Å². The van der Waals surface area contributed by atoms with E-state index in [-0.39, 0.29) is 5.91 Å². The van der Waals surface area contributed by atoms with Gasteiger partial charge in [-0.05, 0) is 44.2 Å². The maximum Gasteiger partial charge on any atom is 0.261 e. The van der Waals surface area contributed by atoms with Gasteiger partial charge in [0.15, 0.2) is 6.10 Å². The lowest BCUT2D eigenvalue weighted by Gasteiger charge is -2.16. The second kappa shape index (κ2) is 8.44. The normalized spacial score (nSPS) is 11.6. The van der Waals surface area contributed by atoms with Crippen molar-refractivity contribution in [3.63, 3.8) is 0 Å². The second-order valence-corrected chi connectivity index (χ2v) is 5.41. The Kier molecular flexibility index (Phi) is 6.29. The van der Waals surface area contributed by atoms with Crippen LogP contribution in [0.1, 0.15) is 19.4 Å². The molecule has 0 aliphatic rings. The van der Waals surface area contributed by atoms with Crippen LogP contribution < -0.4 is 14.8 Å². The molecule has 4 nitrogen and oxygen atoms in total. The Bertz CT molecular complexity index is 643. The summed E-state index contributed by atoms with van der Waals surface area (Å²) in [6.45, 7) is 4.61. The molecule has 1 atom stereocenters. The lowest BCUT2D eigenvalue weighted by Crippen LogP contribution is -2.36. The van der Waals surface area contributed by atoms with E-state index in [1.54, 1.807) is 31.2 Å². The summed E-state index contributed by atoms with van der Waals surface area (Å²) in [7, 11) is 0. The van der Waals surface area contributed by atoms with Crippen LogP contribution in [0.4, 0.5) is 0 Å². The van der Waals surface area contributed by atoms with Crippen LogP contribution in [0, 0.1) is 0 Å². The van der Waals surface area contributed by atoms with Crippen molar-refractivity contribution in [1.29, 1.82) is 0 Å². The molecule has 5 heteroatoms. The van der Waals surface area contributed by atoms with Gasteiger partial charge in [-0.2, -0.15) is 0 Å². The van der Waals surface area contributed by atoms with Gasteiger partial charge in [-0.25, -0.2) is 0 Å². The molecule has 0 aromatic heterocycles. The highest BCUT2D eigenvalue weighted by atomic mass is 35.5. The van der Waals surface area contributed by atoms with Crippen LogP contribution in [-0.4, -0.2) is 18.6 Å². The number of hydrogen-bond donors (Lipinski definition) is 1. The minimum Gasteiger partial charge on any atom is -0.494 e. The maximum absolute atomic E-state index is 12.2. The van der Waals surface area contributed by atoms with E-state index in [9.17, 15) is 4.79 Å². The molecule has 0 bridgehead atoms. The first-order valence-corrected chi connectivity index (χ1v) is 7.88. The molecule has 2 aromatic carbocycles. The summed E-state index contributed by atoms with van der Waals surface area (Å²) in [5.74, 6) is 1.19. The first-order valence-electron chi connectivity index (χ1n) is 7.50. The van der Waals surface area contributed by atoms with E-state index in [1.807, 2.05) is 31.2 Å². The zero-order valence-corrected chi connectivity index (χ0v) is 14.0. The van der Waals surface area contributed by atoms with Gasteiger partial charge in [0.05, 0.1) is 6.61 Å². The summed E-state index contributed by atoms with van der Waals surface area (Å²) in [5.41, 5.74) is 0.932. The summed E-state index contributed by atoms with van der Waals surface area (Å²) >= 11 is 5.82. The minimum atomic E-state index is -0.601. The highest BCUT2D eigenvalue weighted by Crippen LogP contribution is 2.18. The third-order valence-corrected chi connectivity index (χ3v) is 3.47. The predicted molar refractivity (Wildman–Crippen MR) is 91.0 cm³/mol. The van der Waals surface area contributed by atoms with Gasteiger partial charge in [0, 0.05) is 17.1 Å². The SMILES string of the molecule is CCOc1ccccc1CNC(=O)C(C)Oc1ccc(Cl)cc1. The van der Waals surface area contributed by atoms with E-state index in [4.69, 9.17) is 21.1 Å². The fraction of sp³-hybridized carbons (Fsp3) is 0.278. The average molecular weight is 334 g/mol. The van der Waals surface area contributed by atoms with Crippen LogP contribution in [0.15, 0.2) is 48.5 Å². The number of ether oxygens (including phenoxy) is 2. The molecule has 0 aliphatic carbocycles. The maximum atomic E-state index is 12.2. The summed E-state index contributed by atoms with van der Waals surface area (Å²) in [4.78, 5) is 12.2. The highest BCUT2D eigenvalue weighted by Gasteiger charge is 2.15. The summed E-state index contributed by atoms with van der Waals surface area (Å²) in [6.07, 6.45) is -0.601. The zero-order chi connectivity index (χ0) is 16.7. The molecule has 0 saturated carbocycles. The number of rotatable bonds is 7. The number of para-hydroxylation sites is 1. The van der Waals surface area contributed by atoms with Gasteiger partial charge < -0.3 is 14.8 Å². The monoisotopic (exact) mass is 333 g/mol. The Hall–Kier alpha value is -2.20. The zero-order valence-electron chi connectivity index (χ0n) is 13.2. The van der Waals surface area contributed by atoms with Crippen molar-refractivity contribution < 1.29 is 14.3 Å². The third-order valence-electron chi connectivity index (χ3n) is 3.22. The molecular formula is C18H20ClNO3. The van der Waals surface area contributed by atoms with Gasteiger partial charge in [-0.3, -0.25) is 4.79 Å². The van der Waals surface area contributed by atoms with Gasteiger partial charge in [0.2, 0.25) is 0 Å². The smallest absolute Gasteiger partial charge is 0.261 e. The topological polar surface area (TPSA) is 47.6 Å². The standard InChI is InChI=1S/C18H20ClNO3/c1-3-22-17-7-5-4-6-14(17)12-20-18(21)13(2)23-16-10-8-15(19)9-11-16/h4-11,13H,3,12H2,1-2H3,(H,20,21). The Balaban J connectivity index is 1.90. The fourth-order valence-electron chi connectivity index (χ4n) is 2.04. The minimum absolute atomic E-state index is 0.189. The van der Waals surface area contributed by atoms with Crippen LogP contribution in [0.2, 0.25) is 5.02 Å². The van der Waals surface area contributed by atoms with Crippen molar-refractivity contribution in [1.82, 2.24) is 5.32 Å². The van der Waals surface area contributed by atoms with E-state index < -0.39 is 6.10 Å². The largest absolute Gasteiger partial charge is 0.494 e. The molecule has 1 unspecified atom stereocenters. The van der Waals surface area contributed by atoms with Crippen LogP contribution in [0.5, 0.6) is 11.5 Å². The van der Waals surface area contributed by atoms with Crippen molar-refractivity contribution in [2.45, 2.75) is 26.5 Å². The number of nitrogens with one attached hydrogen (secondary N) is 1. The lowest BCUT2D eigenvalue weighted by molar-refractivity contribution is -0.127. The van der Waals surface area contributed by atoms with Gasteiger partial charge in [-0.1, -0.05) is 29.8 Å². The van der Waals surface area contributed by atoms with E-state index in [2.05, 4.69) is 5.32 Å². The molecule has 2 rings (SSSR count). The second-order valence-electron chi connectivity index (χ2n) is 4.97. The number of amides is 1. The predicted octanol–water partition coefficient (Wildman–Crippen LogP) is 3.82. The van der Waals surface area contributed by atoms with Crippen molar-refractivity contribution in [3.8, 4) is 11.5 Å². The highest BCUT2D eigenvalue weighted by molar-refractivity contribution is 6.30. The molecule has 1 amide bonds. The number of benzene rings is 2. The number of carbonyl (C=O) groups is 1. The van der Waals surface area contributed by atoms with Crippen LogP contribution in [0.3, 0.4) is 0 Å². The van der Waals surface area contributed by atoms with Crippen molar-refractivity contribution >= 4 is 17.5 Å². The van der Waals surface area contributed by atoms with Crippen LogP contribution in [0.25, 0.3) is 0 Å². The first kappa shape index (κ1) is 17.2.